The van der Waals surface area contributed by atoms with Crippen LogP contribution in [0.5, 0.6) is 0 Å². The van der Waals surface area contributed by atoms with E-state index in [1.165, 1.54) is 6.21 Å². The van der Waals surface area contributed by atoms with Gasteiger partial charge in [-0.25, -0.2) is 0 Å². The quantitative estimate of drug-likeness (QED) is 0.274. The molecule has 30 heavy (non-hydrogen) atoms. The average molecular weight is 410 g/mol. The number of nitrogens with two attached hydrogens (primary N) is 2. The molecule has 2 heterocycles. The minimum absolute atomic E-state index is 0.0391. The van der Waals surface area contributed by atoms with Crippen molar-refractivity contribution in [1.82, 2.24) is 15.6 Å². The molecule has 0 radical (unpaired) electrons. The molecule has 0 aliphatic carbocycles. The van der Waals surface area contributed by atoms with Crippen LogP contribution in [0.1, 0.15) is 52.3 Å². The van der Waals surface area contributed by atoms with Gasteiger partial charge in [-0.3, -0.25) is 4.98 Å². The zero-order valence-corrected chi connectivity index (χ0v) is 18.6. The third-order valence-electron chi connectivity index (χ3n) is 5.17. The van der Waals surface area contributed by atoms with Gasteiger partial charge in [0.1, 0.15) is 6.17 Å². The molecule has 1 aliphatic rings. The Morgan fingerprint density at radius 1 is 1.40 bits per heavy atom. The number of nitrogens with zero attached hydrogens (tertiary/aromatic N) is 1. The standard InChI is InChI=1S/C23H35N7/c1-6-23(4,5)28-14-18(12-25)17-9-20-19(27-13-17)7-8-22(29-20)30-21(26)10-16(11-24)15(2)3/h7-15,22,25,28-30H,6,24,26H2,1-5H3/b16-11+,18-14+,21-10+,25-12?. The second-order valence-corrected chi connectivity index (χ2v) is 8.33. The van der Waals surface area contributed by atoms with E-state index in [4.69, 9.17) is 16.9 Å². The van der Waals surface area contributed by atoms with E-state index in [0.29, 0.717) is 5.82 Å². The highest BCUT2D eigenvalue weighted by molar-refractivity contribution is 6.08. The van der Waals surface area contributed by atoms with Crippen LogP contribution in [-0.4, -0.2) is 22.9 Å². The van der Waals surface area contributed by atoms with Crippen LogP contribution in [-0.2, 0) is 0 Å². The summed E-state index contributed by atoms with van der Waals surface area (Å²) < 4.78 is 0. The van der Waals surface area contributed by atoms with E-state index in [1.54, 1.807) is 12.4 Å². The lowest BCUT2D eigenvalue weighted by Gasteiger charge is -2.25. The van der Waals surface area contributed by atoms with E-state index in [0.717, 1.165) is 34.5 Å². The van der Waals surface area contributed by atoms with Crippen LogP contribution in [0.3, 0.4) is 0 Å². The molecule has 162 valence electrons. The highest BCUT2D eigenvalue weighted by atomic mass is 15.2. The first-order valence-corrected chi connectivity index (χ1v) is 10.3. The fourth-order valence-corrected chi connectivity index (χ4v) is 2.76. The lowest BCUT2D eigenvalue weighted by Crippen LogP contribution is -2.38. The molecule has 2 rings (SSSR count). The van der Waals surface area contributed by atoms with Gasteiger partial charge in [-0.1, -0.05) is 20.8 Å². The van der Waals surface area contributed by atoms with Crippen molar-refractivity contribution >= 4 is 23.6 Å². The molecule has 1 unspecified atom stereocenters. The zero-order chi connectivity index (χ0) is 22.3. The molecule has 1 aliphatic heterocycles. The van der Waals surface area contributed by atoms with Crippen LogP contribution in [0.25, 0.3) is 11.6 Å². The Hall–Kier alpha value is -3.22. The molecule has 0 fully saturated rings. The number of pyridine rings is 1. The Morgan fingerprint density at radius 3 is 2.73 bits per heavy atom. The van der Waals surface area contributed by atoms with Crippen LogP contribution < -0.4 is 27.4 Å². The topological polar surface area (TPSA) is 125 Å². The third-order valence-corrected chi connectivity index (χ3v) is 5.17. The Kier molecular flexibility index (Phi) is 7.69. The maximum atomic E-state index is 7.81. The van der Waals surface area contributed by atoms with E-state index in [1.807, 2.05) is 30.5 Å². The summed E-state index contributed by atoms with van der Waals surface area (Å²) in [5.41, 5.74) is 16.1. The molecule has 0 saturated carbocycles. The van der Waals surface area contributed by atoms with Crippen molar-refractivity contribution in [1.29, 1.82) is 5.41 Å². The predicted molar refractivity (Wildman–Crippen MR) is 127 cm³/mol. The van der Waals surface area contributed by atoms with Crippen LogP contribution in [0.4, 0.5) is 5.69 Å². The molecule has 0 saturated heterocycles. The van der Waals surface area contributed by atoms with Crippen molar-refractivity contribution in [2.24, 2.45) is 17.4 Å². The summed E-state index contributed by atoms with van der Waals surface area (Å²) in [4.78, 5) is 4.53. The summed E-state index contributed by atoms with van der Waals surface area (Å²) in [6.07, 6.45) is 13.1. The van der Waals surface area contributed by atoms with Crippen LogP contribution >= 0.6 is 0 Å². The van der Waals surface area contributed by atoms with Crippen molar-refractivity contribution in [3.05, 3.63) is 59.5 Å². The first-order valence-electron chi connectivity index (χ1n) is 10.3. The molecular formula is C23H35N7. The Labute approximate surface area is 179 Å². The number of nitrogens with one attached hydrogen (secondary N) is 4. The molecule has 7 nitrogen and oxygen atoms in total. The lowest BCUT2D eigenvalue weighted by molar-refractivity contribution is 0.429. The van der Waals surface area contributed by atoms with Crippen molar-refractivity contribution in [3.8, 4) is 0 Å². The van der Waals surface area contributed by atoms with E-state index in [9.17, 15) is 0 Å². The largest absolute Gasteiger partial charge is 0.404 e. The van der Waals surface area contributed by atoms with Gasteiger partial charge >= 0.3 is 0 Å². The number of hydrogen-bond donors (Lipinski definition) is 6. The van der Waals surface area contributed by atoms with Gasteiger partial charge in [0.15, 0.2) is 0 Å². The van der Waals surface area contributed by atoms with Crippen molar-refractivity contribution in [2.45, 2.75) is 52.7 Å². The number of anilines is 1. The summed E-state index contributed by atoms with van der Waals surface area (Å²) in [5, 5.41) is 17.8. The molecule has 7 heteroatoms. The van der Waals surface area contributed by atoms with Gasteiger partial charge < -0.3 is 32.8 Å². The number of rotatable bonds is 9. The fraction of sp³-hybridized carbons (Fsp3) is 0.391. The summed E-state index contributed by atoms with van der Waals surface area (Å²) in [6, 6.07) is 2.00. The Bertz CT molecular complexity index is 876. The van der Waals surface area contributed by atoms with Gasteiger partial charge in [0.05, 0.1) is 17.2 Å². The summed E-state index contributed by atoms with van der Waals surface area (Å²) in [7, 11) is 0. The molecule has 1 aromatic rings. The predicted octanol–water partition coefficient (Wildman–Crippen LogP) is 3.50. The van der Waals surface area contributed by atoms with Crippen molar-refractivity contribution in [2.75, 3.05) is 5.32 Å². The second-order valence-electron chi connectivity index (χ2n) is 8.33. The highest BCUT2D eigenvalue weighted by Gasteiger charge is 2.16. The first-order chi connectivity index (χ1) is 14.2. The Morgan fingerprint density at radius 2 is 2.13 bits per heavy atom. The second kappa shape index (κ2) is 10.0. The smallest absolute Gasteiger partial charge is 0.117 e. The lowest BCUT2D eigenvalue weighted by atomic mass is 10.0. The highest BCUT2D eigenvalue weighted by Crippen LogP contribution is 2.25. The normalized spacial score (nSPS) is 17.4. The van der Waals surface area contributed by atoms with Gasteiger partial charge in [-0.15, -0.1) is 0 Å². The Balaban J connectivity index is 2.18. The van der Waals surface area contributed by atoms with Gasteiger partial charge in [-0.05, 0) is 62.3 Å². The number of hydrogen-bond acceptors (Lipinski definition) is 7. The minimum atomic E-state index is -0.179. The maximum Gasteiger partial charge on any atom is 0.117 e. The molecule has 0 amide bonds. The van der Waals surface area contributed by atoms with Crippen LogP contribution in [0.15, 0.2) is 48.2 Å². The van der Waals surface area contributed by atoms with Crippen molar-refractivity contribution < 1.29 is 0 Å². The molecule has 8 N–H and O–H groups in total. The first kappa shape index (κ1) is 23.1. The fourth-order valence-electron chi connectivity index (χ4n) is 2.76. The number of allylic oxidation sites excluding steroid dienone is 3. The van der Waals surface area contributed by atoms with E-state index >= 15 is 0 Å². The summed E-state index contributed by atoms with van der Waals surface area (Å²) in [5.74, 6) is 0.816. The molecule has 0 spiro atoms. The summed E-state index contributed by atoms with van der Waals surface area (Å²) >= 11 is 0. The number of fused-ring (bicyclic) bond motifs is 1. The molecule has 1 atom stereocenters. The maximum absolute atomic E-state index is 7.81. The average Bonchev–Trinajstić information content (AvgIpc) is 2.71. The monoisotopic (exact) mass is 409 g/mol. The van der Waals surface area contributed by atoms with Crippen molar-refractivity contribution in [3.63, 3.8) is 0 Å². The van der Waals surface area contributed by atoms with Gasteiger partial charge in [-0.2, -0.15) is 0 Å². The van der Waals surface area contributed by atoms with E-state index in [-0.39, 0.29) is 17.6 Å². The van der Waals surface area contributed by atoms with E-state index in [2.05, 4.69) is 55.6 Å². The zero-order valence-electron chi connectivity index (χ0n) is 18.6. The molecule has 0 aromatic carbocycles. The minimum Gasteiger partial charge on any atom is -0.404 e. The summed E-state index contributed by atoms with van der Waals surface area (Å²) in [6.45, 7) is 10.5. The molecule has 1 aromatic heterocycles. The third kappa shape index (κ3) is 6.14. The molecular weight excluding hydrogens is 374 g/mol. The van der Waals surface area contributed by atoms with Crippen LogP contribution in [0, 0.1) is 11.3 Å². The molecule has 0 bridgehead atoms. The van der Waals surface area contributed by atoms with Gasteiger partial charge in [0, 0.05) is 35.3 Å². The van der Waals surface area contributed by atoms with Crippen LogP contribution in [0.2, 0.25) is 0 Å². The van der Waals surface area contributed by atoms with E-state index < -0.39 is 0 Å². The van der Waals surface area contributed by atoms with Gasteiger partial charge in [0.2, 0.25) is 0 Å². The number of aromatic nitrogens is 1. The van der Waals surface area contributed by atoms with Gasteiger partial charge in [0.25, 0.3) is 0 Å². The SMILES string of the molecule is CCC(C)(C)N/C=C(\C=N)c1cnc2c(c1)NC(N/C(N)=C/C(=C\N)C(C)C)C=C2.